The number of halogens is 2. The van der Waals surface area contributed by atoms with Gasteiger partial charge in [-0.25, -0.2) is 9.07 Å². The molecule has 33 heavy (non-hydrogen) atoms. The molecule has 1 unspecified atom stereocenters. The number of hydrogen-bond donors (Lipinski definition) is 2. The molecule has 1 aliphatic rings. The van der Waals surface area contributed by atoms with Crippen LogP contribution in [0.25, 0.3) is 27.8 Å². The molecule has 2 N–H and O–H groups in total. The van der Waals surface area contributed by atoms with Gasteiger partial charge in [-0.05, 0) is 62.0 Å². The molecular formula is C23H22ClFN6O2. The molecule has 2 aromatic carbocycles. The van der Waals surface area contributed by atoms with Crippen molar-refractivity contribution >= 4 is 29.2 Å². The Hall–Kier alpha value is -3.56. The third kappa shape index (κ3) is 4.37. The highest BCUT2D eigenvalue weighted by atomic mass is 35.5. The maximum absolute atomic E-state index is 13.6. The Morgan fingerprint density at radius 2 is 1.97 bits per heavy atom. The van der Waals surface area contributed by atoms with Gasteiger partial charge < -0.3 is 15.2 Å². The van der Waals surface area contributed by atoms with Gasteiger partial charge in [0.2, 0.25) is 0 Å². The number of aromatic amines is 1. The second-order valence-electron chi connectivity index (χ2n) is 7.86. The highest BCUT2D eigenvalue weighted by Gasteiger charge is 2.25. The van der Waals surface area contributed by atoms with Gasteiger partial charge in [0.15, 0.2) is 0 Å². The number of nitrogens with zero attached hydrogens (tertiary/aromatic N) is 4. The number of rotatable bonds is 4. The molecular weight excluding hydrogens is 447 g/mol. The summed E-state index contributed by atoms with van der Waals surface area (Å²) in [6.07, 6.45) is 2.58. The molecule has 0 aliphatic carbocycles. The van der Waals surface area contributed by atoms with Crippen LogP contribution in [0, 0.1) is 5.82 Å². The van der Waals surface area contributed by atoms with E-state index >= 15 is 0 Å². The molecule has 1 amide bonds. The van der Waals surface area contributed by atoms with Crippen molar-refractivity contribution in [3.05, 3.63) is 76.5 Å². The van der Waals surface area contributed by atoms with E-state index < -0.39 is 0 Å². The molecule has 10 heteroatoms. The van der Waals surface area contributed by atoms with Gasteiger partial charge in [0.1, 0.15) is 11.5 Å². The highest BCUT2D eigenvalue weighted by Crippen LogP contribution is 2.20. The van der Waals surface area contributed by atoms with Crippen LogP contribution >= 0.6 is 12.4 Å². The Kier molecular flexibility index (Phi) is 6.26. The summed E-state index contributed by atoms with van der Waals surface area (Å²) in [7, 11) is 1.91. The number of fused-ring (bicyclic) bond motifs is 1. The molecule has 0 saturated carbocycles. The number of aromatic nitrogens is 4. The third-order valence-corrected chi connectivity index (χ3v) is 5.84. The number of benzene rings is 2. The van der Waals surface area contributed by atoms with E-state index in [0.29, 0.717) is 46.0 Å². The number of likely N-dealkylation sites (N-methyl/N-ethyl adjacent to an activating group) is 1. The van der Waals surface area contributed by atoms with Crippen molar-refractivity contribution in [2.45, 2.75) is 12.5 Å². The molecule has 8 nitrogen and oxygen atoms in total. The number of carbonyl (C=O) groups excluding carboxylic acids is 1. The van der Waals surface area contributed by atoms with E-state index in [9.17, 15) is 14.0 Å². The minimum absolute atomic E-state index is 0. The number of amides is 1. The fourth-order valence-corrected chi connectivity index (χ4v) is 4.00. The molecule has 1 fully saturated rings. The van der Waals surface area contributed by atoms with Crippen LogP contribution < -0.4 is 10.9 Å². The monoisotopic (exact) mass is 468 g/mol. The molecule has 2 aromatic heterocycles. The zero-order chi connectivity index (χ0) is 22.2. The standard InChI is InChI=1S/C23H21FN6O2.ClH/c1-25-17-8-9-29(12-17)23(32)14-2-5-18(6-3-14)30-13-21(27-28-30)19-11-15-10-16(24)4-7-20(15)26-22(19)31;/h2-7,10-11,13,17,25H,8-9,12H2,1H3,(H,26,31);1H. The largest absolute Gasteiger partial charge is 0.337 e. The van der Waals surface area contributed by atoms with Gasteiger partial charge in [-0.3, -0.25) is 9.59 Å². The maximum atomic E-state index is 13.6. The first-order valence-corrected chi connectivity index (χ1v) is 10.3. The number of likely N-dealkylation sites (tertiary alicyclic amines) is 1. The lowest BCUT2D eigenvalue weighted by Gasteiger charge is -2.16. The number of H-pyrrole nitrogens is 1. The van der Waals surface area contributed by atoms with E-state index in [-0.39, 0.29) is 29.7 Å². The number of hydrogen-bond acceptors (Lipinski definition) is 5. The minimum Gasteiger partial charge on any atom is -0.337 e. The fraction of sp³-hybridized carbons (Fsp3) is 0.217. The van der Waals surface area contributed by atoms with E-state index in [0.717, 1.165) is 13.0 Å². The van der Waals surface area contributed by atoms with Crippen LogP contribution in [-0.2, 0) is 0 Å². The summed E-state index contributed by atoms with van der Waals surface area (Å²) in [6, 6.07) is 13.2. The molecule has 1 aliphatic heterocycles. The Bertz CT molecular complexity index is 1370. The van der Waals surface area contributed by atoms with Crippen LogP contribution in [0.15, 0.2) is 59.5 Å². The molecule has 1 saturated heterocycles. The van der Waals surface area contributed by atoms with Crippen molar-refractivity contribution in [2.75, 3.05) is 20.1 Å². The second-order valence-corrected chi connectivity index (χ2v) is 7.86. The van der Waals surface area contributed by atoms with Gasteiger partial charge in [-0.1, -0.05) is 5.21 Å². The lowest BCUT2D eigenvalue weighted by atomic mass is 10.1. The maximum Gasteiger partial charge on any atom is 0.258 e. The molecule has 1 atom stereocenters. The quantitative estimate of drug-likeness (QED) is 0.480. The van der Waals surface area contributed by atoms with Gasteiger partial charge in [-0.15, -0.1) is 17.5 Å². The van der Waals surface area contributed by atoms with E-state index in [1.54, 1.807) is 36.5 Å². The van der Waals surface area contributed by atoms with Crippen molar-refractivity contribution in [3.63, 3.8) is 0 Å². The van der Waals surface area contributed by atoms with Crippen LogP contribution in [0.3, 0.4) is 0 Å². The van der Waals surface area contributed by atoms with Gasteiger partial charge in [0.25, 0.3) is 11.5 Å². The summed E-state index contributed by atoms with van der Waals surface area (Å²) in [5.74, 6) is -0.382. The first kappa shape index (κ1) is 22.6. The lowest BCUT2D eigenvalue weighted by Crippen LogP contribution is -2.33. The van der Waals surface area contributed by atoms with Crippen LogP contribution in [0.1, 0.15) is 16.8 Å². The SMILES string of the molecule is CNC1CCN(C(=O)c2ccc(-n3cc(-c4cc5cc(F)ccc5[nH]c4=O)nn3)cc2)C1.Cl. The van der Waals surface area contributed by atoms with Crippen molar-refractivity contribution in [1.29, 1.82) is 0 Å². The number of nitrogens with one attached hydrogen (secondary N) is 2. The number of carbonyl (C=O) groups is 1. The summed E-state index contributed by atoms with van der Waals surface area (Å²) in [5, 5.41) is 12.0. The summed E-state index contributed by atoms with van der Waals surface area (Å²) in [5.41, 5.74) is 2.20. The predicted octanol–water partition coefficient (Wildman–Crippen LogP) is 2.77. The molecule has 0 spiro atoms. The highest BCUT2D eigenvalue weighted by molar-refractivity contribution is 5.94. The van der Waals surface area contributed by atoms with Crippen LogP contribution in [0.2, 0.25) is 0 Å². The minimum atomic E-state index is -0.385. The topological polar surface area (TPSA) is 95.9 Å². The van der Waals surface area contributed by atoms with Gasteiger partial charge in [0.05, 0.1) is 17.4 Å². The molecule has 170 valence electrons. The Balaban J connectivity index is 0.00000259. The molecule has 0 radical (unpaired) electrons. The Morgan fingerprint density at radius 3 is 2.70 bits per heavy atom. The van der Waals surface area contributed by atoms with E-state index in [1.165, 1.54) is 22.9 Å². The van der Waals surface area contributed by atoms with Crippen LogP contribution in [0.5, 0.6) is 0 Å². The third-order valence-electron chi connectivity index (χ3n) is 5.84. The first-order chi connectivity index (χ1) is 15.5. The Morgan fingerprint density at radius 1 is 1.18 bits per heavy atom. The molecule has 4 aromatic rings. The lowest BCUT2D eigenvalue weighted by molar-refractivity contribution is 0.0789. The summed E-state index contributed by atoms with van der Waals surface area (Å²) in [6.45, 7) is 1.44. The molecule has 3 heterocycles. The molecule has 0 bridgehead atoms. The van der Waals surface area contributed by atoms with Crippen LogP contribution in [-0.4, -0.2) is 57.0 Å². The fourth-order valence-electron chi connectivity index (χ4n) is 4.00. The first-order valence-electron chi connectivity index (χ1n) is 10.3. The molecule has 5 rings (SSSR count). The van der Waals surface area contributed by atoms with Crippen molar-refractivity contribution in [1.82, 2.24) is 30.2 Å². The normalized spacial score (nSPS) is 15.6. The summed E-state index contributed by atoms with van der Waals surface area (Å²) in [4.78, 5) is 29.8. The van der Waals surface area contributed by atoms with E-state index in [4.69, 9.17) is 0 Å². The van der Waals surface area contributed by atoms with Crippen molar-refractivity contribution < 1.29 is 9.18 Å². The van der Waals surface area contributed by atoms with Gasteiger partial charge in [-0.2, -0.15) is 0 Å². The average Bonchev–Trinajstić information content (AvgIpc) is 3.48. The zero-order valence-corrected chi connectivity index (χ0v) is 18.6. The summed E-state index contributed by atoms with van der Waals surface area (Å²) >= 11 is 0. The van der Waals surface area contributed by atoms with Crippen molar-refractivity contribution in [3.8, 4) is 16.9 Å². The Labute approximate surface area is 194 Å². The summed E-state index contributed by atoms with van der Waals surface area (Å²) < 4.78 is 15.1. The van der Waals surface area contributed by atoms with E-state index in [2.05, 4.69) is 20.6 Å². The number of pyridine rings is 1. The average molecular weight is 469 g/mol. The van der Waals surface area contributed by atoms with Crippen LogP contribution in [0.4, 0.5) is 4.39 Å². The second kappa shape index (κ2) is 9.13. The smallest absolute Gasteiger partial charge is 0.258 e. The van der Waals surface area contributed by atoms with Crippen molar-refractivity contribution in [2.24, 2.45) is 0 Å². The predicted molar refractivity (Wildman–Crippen MR) is 125 cm³/mol. The van der Waals surface area contributed by atoms with Gasteiger partial charge >= 0.3 is 0 Å². The van der Waals surface area contributed by atoms with Gasteiger partial charge in [0, 0.05) is 35.6 Å². The zero-order valence-electron chi connectivity index (χ0n) is 17.8. The van der Waals surface area contributed by atoms with E-state index in [1.807, 2.05) is 11.9 Å².